The van der Waals surface area contributed by atoms with Crippen LogP contribution in [0.5, 0.6) is 5.75 Å². The number of rotatable bonds is 9. The van der Waals surface area contributed by atoms with Gasteiger partial charge in [0.25, 0.3) is 0 Å². The number of ether oxygens (including phenoxy) is 2. The van der Waals surface area contributed by atoms with Crippen molar-refractivity contribution >= 4 is 12.0 Å². The number of amides is 1. The Morgan fingerprint density at radius 3 is 2.72 bits per heavy atom. The van der Waals surface area contributed by atoms with Crippen molar-refractivity contribution in [3.05, 3.63) is 66.0 Å². The van der Waals surface area contributed by atoms with Crippen molar-refractivity contribution < 1.29 is 14.3 Å². The first kappa shape index (κ1) is 18.7. The van der Waals surface area contributed by atoms with Gasteiger partial charge in [0.15, 0.2) is 0 Å². The van der Waals surface area contributed by atoms with Gasteiger partial charge in [-0.05, 0) is 36.3 Å². The Balaban J connectivity index is 1.82. The molecule has 0 saturated heterocycles. The first-order valence-corrected chi connectivity index (χ1v) is 8.23. The molecule has 0 saturated carbocycles. The Bertz CT molecular complexity index is 669. The highest BCUT2D eigenvalue weighted by Crippen LogP contribution is 2.15. The van der Waals surface area contributed by atoms with Crippen LogP contribution in [0.25, 0.3) is 6.08 Å². The summed E-state index contributed by atoms with van der Waals surface area (Å²) in [6, 6.07) is 11.5. The molecule has 132 valence electrons. The average molecular weight is 340 g/mol. The van der Waals surface area contributed by atoms with Crippen molar-refractivity contribution in [2.24, 2.45) is 0 Å². The molecule has 0 aliphatic rings. The molecule has 0 atom stereocenters. The van der Waals surface area contributed by atoms with Gasteiger partial charge >= 0.3 is 0 Å². The van der Waals surface area contributed by atoms with Crippen LogP contribution in [0.3, 0.4) is 0 Å². The number of carbonyl (C=O) groups excluding carboxylic acids is 1. The quantitative estimate of drug-likeness (QED) is 0.520. The van der Waals surface area contributed by atoms with Gasteiger partial charge in [-0.2, -0.15) is 0 Å². The highest BCUT2D eigenvalue weighted by atomic mass is 16.5. The molecule has 5 heteroatoms. The summed E-state index contributed by atoms with van der Waals surface area (Å²) < 4.78 is 10.7. The summed E-state index contributed by atoms with van der Waals surface area (Å²) >= 11 is 0. The highest BCUT2D eigenvalue weighted by molar-refractivity contribution is 5.91. The van der Waals surface area contributed by atoms with Crippen LogP contribution in [0.2, 0.25) is 0 Å². The molecule has 1 aromatic carbocycles. The maximum Gasteiger partial charge on any atom is 0.246 e. The topological polar surface area (TPSA) is 51.7 Å². The van der Waals surface area contributed by atoms with Crippen molar-refractivity contribution in [2.45, 2.75) is 13.0 Å². The fraction of sp³-hybridized carbons (Fsp3) is 0.300. The lowest BCUT2D eigenvalue weighted by Crippen LogP contribution is -2.26. The minimum Gasteiger partial charge on any atom is -0.489 e. The van der Waals surface area contributed by atoms with E-state index in [0.717, 1.165) is 23.3 Å². The standard InChI is InChI=1S/C20H24N2O3/c1-22(13-4-14-24-2)20(23)11-8-17-6-9-19(10-7-17)25-16-18-5-3-12-21-15-18/h3,5-12,15H,4,13-14,16H2,1-2H3/b11-8+. The molecule has 1 aromatic heterocycles. The lowest BCUT2D eigenvalue weighted by Gasteiger charge is -2.14. The Morgan fingerprint density at radius 2 is 2.04 bits per heavy atom. The maximum absolute atomic E-state index is 12.0. The molecule has 0 unspecified atom stereocenters. The molecule has 0 aliphatic carbocycles. The second-order valence-corrected chi connectivity index (χ2v) is 5.66. The molecule has 0 aliphatic heterocycles. The molecule has 0 bridgehead atoms. The number of hydrogen-bond donors (Lipinski definition) is 0. The van der Waals surface area contributed by atoms with E-state index in [1.54, 1.807) is 43.6 Å². The summed E-state index contributed by atoms with van der Waals surface area (Å²) in [5.41, 5.74) is 1.97. The SMILES string of the molecule is COCCCN(C)C(=O)/C=C/c1ccc(OCc2cccnc2)cc1. The Labute approximate surface area is 148 Å². The minimum absolute atomic E-state index is 0.0204. The molecule has 0 spiro atoms. The third-order valence-electron chi connectivity index (χ3n) is 3.64. The second-order valence-electron chi connectivity index (χ2n) is 5.66. The van der Waals surface area contributed by atoms with Crippen molar-refractivity contribution in [3.8, 4) is 5.75 Å². The van der Waals surface area contributed by atoms with Crippen LogP contribution in [0.15, 0.2) is 54.9 Å². The van der Waals surface area contributed by atoms with Gasteiger partial charge in [0.1, 0.15) is 12.4 Å². The zero-order chi connectivity index (χ0) is 17.9. The van der Waals surface area contributed by atoms with E-state index < -0.39 is 0 Å². The second kappa shape index (κ2) is 10.3. The largest absolute Gasteiger partial charge is 0.489 e. The Hall–Kier alpha value is -2.66. The zero-order valence-corrected chi connectivity index (χ0v) is 14.7. The smallest absolute Gasteiger partial charge is 0.246 e. The number of hydrogen-bond acceptors (Lipinski definition) is 4. The van der Waals surface area contributed by atoms with Gasteiger partial charge in [0.05, 0.1) is 0 Å². The molecule has 2 rings (SSSR count). The Morgan fingerprint density at radius 1 is 1.24 bits per heavy atom. The fourth-order valence-corrected chi connectivity index (χ4v) is 2.18. The van der Waals surface area contributed by atoms with Crippen LogP contribution in [0, 0.1) is 0 Å². The van der Waals surface area contributed by atoms with Crippen molar-refractivity contribution in [1.29, 1.82) is 0 Å². The number of likely N-dealkylation sites (N-methyl/N-ethyl adjacent to an activating group) is 1. The van der Waals surface area contributed by atoms with Crippen LogP contribution in [0.4, 0.5) is 0 Å². The summed E-state index contributed by atoms with van der Waals surface area (Å²) in [6.45, 7) is 1.81. The van der Waals surface area contributed by atoms with E-state index in [4.69, 9.17) is 9.47 Å². The highest BCUT2D eigenvalue weighted by Gasteiger charge is 2.04. The molecule has 1 heterocycles. The van der Waals surface area contributed by atoms with Gasteiger partial charge in [-0.15, -0.1) is 0 Å². The fourth-order valence-electron chi connectivity index (χ4n) is 2.18. The van der Waals surface area contributed by atoms with Crippen LogP contribution < -0.4 is 4.74 Å². The van der Waals surface area contributed by atoms with Crippen LogP contribution in [0.1, 0.15) is 17.5 Å². The van der Waals surface area contributed by atoms with E-state index in [-0.39, 0.29) is 5.91 Å². The van der Waals surface area contributed by atoms with Gasteiger partial charge in [-0.1, -0.05) is 18.2 Å². The average Bonchev–Trinajstić information content (AvgIpc) is 2.66. The van der Waals surface area contributed by atoms with Crippen LogP contribution in [-0.4, -0.2) is 43.1 Å². The van der Waals surface area contributed by atoms with Gasteiger partial charge in [-0.25, -0.2) is 0 Å². The van der Waals surface area contributed by atoms with E-state index in [0.29, 0.717) is 19.8 Å². The summed E-state index contributed by atoms with van der Waals surface area (Å²) in [6.07, 6.45) is 7.74. The van der Waals surface area contributed by atoms with E-state index in [1.807, 2.05) is 36.4 Å². The third kappa shape index (κ3) is 6.77. The van der Waals surface area contributed by atoms with E-state index in [1.165, 1.54) is 0 Å². The number of carbonyl (C=O) groups is 1. The number of aromatic nitrogens is 1. The minimum atomic E-state index is -0.0204. The Kier molecular flexibility index (Phi) is 7.66. The predicted molar refractivity (Wildman–Crippen MR) is 98.2 cm³/mol. The van der Waals surface area contributed by atoms with Gasteiger partial charge in [0, 0.05) is 51.3 Å². The normalized spacial score (nSPS) is 10.8. The third-order valence-corrected chi connectivity index (χ3v) is 3.64. The zero-order valence-electron chi connectivity index (χ0n) is 14.7. The van der Waals surface area contributed by atoms with E-state index >= 15 is 0 Å². The molecule has 0 N–H and O–H groups in total. The summed E-state index contributed by atoms with van der Waals surface area (Å²) in [5.74, 6) is 0.761. The molecule has 25 heavy (non-hydrogen) atoms. The van der Waals surface area contributed by atoms with Gasteiger partial charge in [0.2, 0.25) is 5.91 Å². The van der Waals surface area contributed by atoms with Gasteiger partial charge in [-0.3, -0.25) is 9.78 Å². The molecule has 5 nitrogen and oxygen atoms in total. The molecular formula is C20H24N2O3. The van der Waals surface area contributed by atoms with Crippen LogP contribution >= 0.6 is 0 Å². The predicted octanol–water partition coefficient (Wildman–Crippen LogP) is 3.17. The van der Waals surface area contributed by atoms with E-state index in [2.05, 4.69) is 4.98 Å². The first-order chi connectivity index (χ1) is 12.2. The number of nitrogens with zero attached hydrogens (tertiary/aromatic N) is 2. The van der Waals surface area contributed by atoms with Crippen LogP contribution in [-0.2, 0) is 16.1 Å². The molecule has 1 amide bonds. The van der Waals surface area contributed by atoms with Crippen molar-refractivity contribution in [3.63, 3.8) is 0 Å². The number of pyridine rings is 1. The monoisotopic (exact) mass is 340 g/mol. The summed E-state index contributed by atoms with van der Waals surface area (Å²) in [4.78, 5) is 17.7. The lowest BCUT2D eigenvalue weighted by molar-refractivity contribution is -0.124. The first-order valence-electron chi connectivity index (χ1n) is 8.23. The maximum atomic E-state index is 12.0. The van der Waals surface area contributed by atoms with Crippen molar-refractivity contribution in [1.82, 2.24) is 9.88 Å². The molecular weight excluding hydrogens is 316 g/mol. The van der Waals surface area contributed by atoms with E-state index in [9.17, 15) is 4.79 Å². The summed E-state index contributed by atoms with van der Waals surface area (Å²) in [5, 5.41) is 0. The number of benzene rings is 1. The molecule has 0 fully saturated rings. The summed E-state index contributed by atoms with van der Waals surface area (Å²) in [7, 11) is 3.45. The van der Waals surface area contributed by atoms with Crippen molar-refractivity contribution in [2.75, 3.05) is 27.3 Å². The van der Waals surface area contributed by atoms with Gasteiger partial charge < -0.3 is 14.4 Å². The lowest BCUT2D eigenvalue weighted by atomic mass is 10.2. The molecule has 0 radical (unpaired) electrons. The molecule has 2 aromatic rings. The number of methoxy groups -OCH3 is 1.